The first-order chi connectivity index (χ1) is 7.69. The Morgan fingerprint density at radius 3 is 2.44 bits per heavy atom. The number of hydrogen-bond acceptors (Lipinski definition) is 3. The molecule has 0 bridgehead atoms. The normalized spacial score (nSPS) is 12.2. The SMILES string of the molecule is CCCOC(C)C(=O)c1ccc(OC)cc1. The van der Waals surface area contributed by atoms with E-state index in [0.717, 1.165) is 12.2 Å². The fraction of sp³-hybridized carbons (Fsp3) is 0.462. The van der Waals surface area contributed by atoms with E-state index < -0.39 is 0 Å². The third kappa shape index (κ3) is 3.35. The lowest BCUT2D eigenvalue weighted by atomic mass is 10.1. The maximum Gasteiger partial charge on any atom is 0.191 e. The van der Waals surface area contributed by atoms with Crippen LogP contribution in [0, 0.1) is 0 Å². The van der Waals surface area contributed by atoms with Crippen LogP contribution in [0.2, 0.25) is 0 Å². The summed E-state index contributed by atoms with van der Waals surface area (Å²) in [6.07, 6.45) is 0.536. The maximum absolute atomic E-state index is 11.9. The van der Waals surface area contributed by atoms with Gasteiger partial charge in [0.1, 0.15) is 11.9 Å². The molecule has 0 saturated heterocycles. The molecule has 0 radical (unpaired) electrons. The summed E-state index contributed by atoms with van der Waals surface area (Å²) in [6.45, 7) is 4.41. The highest BCUT2D eigenvalue weighted by atomic mass is 16.5. The number of ether oxygens (including phenoxy) is 2. The van der Waals surface area contributed by atoms with Crippen LogP contribution in [0.4, 0.5) is 0 Å². The topological polar surface area (TPSA) is 35.5 Å². The fourth-order valence-electron chi connectivity index (χ4n) is 1.36. The molecule has 1 rings (SSSR count). The monoisotopic (exact) mass is 222 g/mol. The van der Waals surface area contributed by atoms with Gasteiger partial charge in [0.2, 0.25) is 0 Å². The summed E-state index contributed by atoms with van der Waals surface area (Å²) in [7, 11) is 1.60. The molecule has 16 heavy (non-hydrogen) atoms. The maximum atomic E-state index is 11.9. The second kappa shape index (κ2) is 6.28. The van der Waals surface area contributed by atoms with Crippen molar-refractivity contribution >= 4 is 5.78 Å². The Balaban J connectivity index is 2.64. The van der Waals surface area contributed by atoms with Crippen molar-refractivity contribution in [2.75, 3.05) is 13.7 Å². The first-order valence-electron chi connectivity index (χ1n) is 5.49. The molecule has 0 saturated carbocycles. The number of methoxy groups -OCH3 is 1. The van der Waals surface area contributed by atoms with Crippen LogP contribution in [0.3, 0.4) is 0 Å². The van der Waals surface area contributed by atoms with E-state index in [4.69, 9.17) is 9.47 Å². The standard InChI is InChI=1S/C13H18O3/c1-4-9-16-10(2)13(14)11-5-7-12(15-3)8-6-11/h5-8,10H,4,9H2,1-3H3. The van der Waals surface area contributed by atoms with Gasteiger partial charge in [-0.25, -0.2) is 0 Å². The molecule has 0 spiro atoms. The molecule has 0 aliphatic heterocycles. The number of benzene rings is 1. The van der Waals surface area contributed by atoms with Crippen LogP contribution in [0.25, 0.3) is 0 Å². The molecular weight excluding hydrogens is 204 g/mol. The van der Waals surface area contributed by atoms with Crippen LogP contribution in [-0.4, -0.2) is 25.6 Å². The minimum atomic E-state index is -0.381. The number of carbonyl (C=O) groups excluding carboxylic acids is 1. The Labute approximate surface area is 96.4 Å². The Kier molecular flexibility index (Phi) is 4.99. The second-order valence-electron chi connectivity index (χ2n) is 3.61. The molecule has 0 aromatic heterocycles. The Morgan fingerprint density at radius 2 is 1.94 bits per heavy atom. The van der Waals surface area contributed by atoms with Gasteiger partial charge in [0, 0.05) is 12.2 Å². The van der Waals surface area contributed by atoms with Crippen molar-refractivity contribution in [3.8, 4) is 5.75 Å². The first-order valence-corrected chi connectivity index (χ1v) is 5.49. The van der Waals surface area contributed by atoms with E-state index >= 15 is 0 Å². The molecular formula is C13H18O3. The van der Waals surface area contributed by atoms with Gasteiger partial charge in [-0.15, -0.1) is 0 Å². The van der Waals surface area contributed by atoms with Crippen LogP contribution in [0.1, 0.15) is 30.6 Å². The number of rotatable bonds is 6. The lowest BCUT2D eigenvalue weighted by molar-refractivity contribution is 0.0479. The molecule has 1 atom stereocenters. The third-order valence-electron chi connectivity index (χ3n) is 2.32. The zero-order valence-electron chi connectivity index (χ0n) is 10.0. The highest BCUT2D eigenvalue weighted by molar-refractivity contribution is 5.99. The predicted molar refractivity (Wildman–Crippen MR) is 63.0 cm³/mol. The molecule has 0 aliphatic carbocycles. The molecule has 0 N–H and O–H groups in total. The van der Waals surface area contributed by atoms with Crippen molar-refractivity contribution in [3.05, 3.63) is 29.8 Å². The summed E-state index contributed by atoms with van der Waals surface area (Å²) >= 11 is 0. The Bertz CT molecular complexity index is 330. The molecule has 1 aromatic carbocycles. The predicted octanol–water partition coefficient (Wildman–Crippen LogP) is 2.69. The highest BCUT2D eigenvalue weighted by Gasteiger charge is 2.15. The quantitative estimate of drug-likeness (QED) is 0.694. The Hall–Kier alpha value is -1.35. The van der Waals surface area contributed by atoms with Gasteiger partial charge in [-0.2, -0.15) is 0 Å². The molecule has 0 aliphatic rings. The molecule has 3 heteroatoms. The summed E-state index contributed by atoms with van der Waals surface area (Å²) in [5, 5.41) is 0. The van der Waals surface area contributed by atoms with E-state index in [0.29, 0.717) is 12.2 Å². The minimum absolute atomic E-state index is 0.0103. The smallest absolute Gasteiger partial charge is 0.191 e. The zero-order chi connectivity index (χ0) is 12.0. The number of Topliss-reactive ketones (excluding diaryl/α,β-unsaturated/α-hetero) is 1. The van der Waals surface area contributed by atoms with Crippen molar-refractivity contribution in [1.82, 2.24) is 0 Å². The van der Waals surface area contributed by atoms with Gasteiger partial charge in [0.05, 0.1) is 7.11 Å². The lowest BCUT2D eigenvalue weighted by Crippen LogP contribution is -2.21. The van der Waals surface area contributed by atoms with Crippen molar-refractivity contribution in [1.29, 1.82) is 0 Å². The van der Waals surface area contributed by atoms with Gasteiger partial charge in [-0.05, 0) is 37.6 Å². The summed E-state index contributed by atoms with van der Waals surface area (Å²) < 4.78 is 10.4. The van der Waals surface area contributed by atoms with Gasteiger partial charge in [-0.3, -0.25) is 4.79 Å². The van der Waals surface area contributed by atoms with Gasteiger partial charge in [0.15, 0.2) is 5.78 Å². The van der Waals surface area contributed by atoms with E-state index in [-0.39, 0.29) is 11.9 Å². The van der Waals surface area contributed by atoms with Gasteiger partial charge in [0.25, 0.3) is 0 Å². The molecule has 0 fully saturated rings. The van der Waals surface area contributed by atoms with Gasteiger partial charge >= 0.3 is 0 Å². The lowest BCUT2D eigenvalue weighted by Gasteiger charge is -2.11. The van der Waals surface area contributed by atoms with Crippen LogP contribution in [0.5, 0.6) is 5.75 Å². The first kappa shape index (κ1) is 12.7. The summed E-state index contributed by atoms with van der Waals surface area (Å²) in [6, 6.07) is 7.07. The third-order valence-corrected chi connectivity index (χ3v) is 2.32. The summed E-state index contributed by atoms with van der Waals surface area (Å²) in [5.41, 5.74) is 0.657. The number of hydrogen-bond donors (Lipinski definition) is 0. The minimum Gasteiger partial charge on any atom is -0.497 e. The molecule has 0 heterocycles. The van der Waals surface area contributed by atoms with Crippen LogP contribution in [0.15, 0.2) is 24.3 Å². The van der Waals surface area contributed by atoms with Crippen molar-refractivity contribution in [2.24, 2.45) is 0 Å². The fourth-order valence-corrected chi connectivity index (χ4v) is 1.36. The van der Waals surface area contributed by atoms with Crippen molar-refractivity contribution in [3.63, 3.8) is 0 Å². The van der Waals surface area contributed by atoms with Gasteiger partial charge in [-0.1, -0.05) is 6.92 Å². The van der Waals surface area contributed by atoms with E-state index in [1.807, 2.05) is 6.92 Å². The molecule has 1 unspecified atom stereocenters. The van der Waals surface area contributed by atoms with Crippen molar-refractivity contribution in [2.45, 2.75) is 26.4 Å². The molecule has 0 amide bonds. The van der Waals surface area contributed by atoms with E-state index in [1.165, 1.54) is 0 Å². The molecule has 88 valence electrons. The largest absolute Gasteiger partial charge is 0.497 e. The average molecular weight is 222 g/mol. The molecule has 3 nitrogen and oxygen atoms in total. The van der Waals surface area contributed by atoms with E-state index in [9.17, 15) is 4.79 Å². The van der Waals surface area contributed by atoms with Crippen LogP contribution < -0.4 is 4.74 Å². The Morgan fingerprint density at radius 1 is 1.31 bits per heavy atom. The number of carbonyl (C=O) groups is 1. The second-order valence-corrected chi connectivity index (χ2v) is 3.61. The average Bonchev–Trinajstić information content (AvgIpc) is 2.35. The zero-order valence-corrected chi connectivity index (χ0v) is 10.0. The number of ketones is 1. The van der Waals surface area contributed by atoms with E-state index in [1.54, 1.807) is 38.3 Å². The van der Waals surface area contributed by atoms with Gasteiger partial charge < -0.3 is 9.47 Å². The summed E-state index contributed by atoms with van der Waals surface area (Å²) in [4.78, 5) is 11.9. The summed E-state index contributed by atoms with van der Waals surface area (Å²) in [5.74, 6) is 0.759. The van der Waals surface area contributed by atoms with Crippen LogP contribution >= 0.6 is 0 Å². The molecule has 1 aromatic rings. The highest BCUT2D eigenvalue weighted by Crippen LogP contribution is 2.13. The van der Waals surface area contributed by atoms with Crippen LogP contribution in [-0.2, 0) is 4.74 Å². The van der Waals surface area contributed by atoms with Crippen molar-refractivity contribution < 1.29 is 14.3 Å². The van der Waals surface area contributed by atoms with E-state index in [2.05, 4.69) is 0 Å².